The summed E-state index contributed by atoms with van der Waals surface area (Å²) in [6.45, 7) is 3.03. The Morgan fingerprint density at radius 2 is 2.56 bits per heavy atom. The normalized spacial score (nSPS) is 12.0. The van der Waals surface area contributed by atoms with E-state index in [0.29, 0.717) is 5.56 Å². The number of terminal acetylenes is 1. The molecule has 0 aliphatic carbocycles. The molecule has 0 aliphatic heterocycles. The van der Waals surface area contributed by atoms with Gasteiger partial charge in [0.25, 0.3) is 0 Å². The molecule has 1 aromatic rings. The molecule has 0 saturated carbocycles. The van der Waals surface area contributed by atoms with E-state index in [4.69, 9.17) is 11.5 Å². The van der Waals surface area contributed by atoms with E-state index in [1.54, 1.807) is 17.1 Å². The maximum Gasteiger partial charge on any atom is 0.325 e. The van der Waals surface area contributed by atoms with Crippen LogP contribution in [0.4, 0.5) is 0 Å². The molecule has 5 nitrogen and oxygen atoms in total. The molecule has 0 saturated heterocycles. The monoisotopic (exact) mass is 221 g/mol. The number of nitrogens with zero attached hydrogens (tertiary/aromatic N) is 2. The highest BCUT2D eigenvalue weighted by Crippen LogP contribution is 2.12. The third-order valence-corrected chi connectivity index (χ3v) is 2.09. The SMILES string of the molecule is C#CCNC(C(=O)O)c1cnn(CCC)c1. The largest absolute Gasteiger partial charge is 0.480 e. The Morgan fingerprint density at radius 1 is 1.81 bits per heavy atom. The summed E-state index contributed by atoms with van der Waals surface area (Å²) in [5, 5.41) is 15.9. The lowest BCUT2D eigenvalue weighted by atomic mass is 10.1. The van der Waals surface area contributed by atoms with Crippen LogP contribution in [0.2, 0.25) is 0 Å². The van der Waals surface area contributed by atoms with Crippen LogP contribution in [0.5, 0.6) is 0 Å². The van der Waals surface area contributed by atoms with E-state index >= 15 is 0 Å². The first-order valence-corrected chi connectivity index (χ1v) is 5.11. The minimum atomic E-state index is -0.953. The number of nitrogens with one attached hydrogen (secondary N) is 1. The van der Waals surface area contributed by atoms with Gasteiger partial charge in [-0.3, -0.25) is 14.8 Å². The van der Waals surface area contributed by atoms with Crippen molar-refractivity contribution in [3.05, 3.63) is 18.0 Å². The highest BCUT2D eigenvalue weighted by atomic mass is 16.4. The molecule has 0 fully saturated rings. The van der Waals surface area contributed by atoms with Crippen LogP contribution in [-0.4, -0.2) is 27.4 Å². The van der Waals surface area contributed by atoms with Crippen molar-refractivity contribution >= 4 is 5.97 Å². The van der Waals surface area contributed by atoms with Gasteiger partial charge in [-0.05, 0) is 6.42 Å². The summed E-state index contributed by atoms with van der Waals surface area (Å²) < 4.78 is 1.73. The average Bonchev–Trinajstić information content (AvgIpc) is 2.67. The Bertz CT molecular complexity index is 392. The summed E-state index contributed by atoms with van der Waals surface area (Å²) >= 11 is 0. The fourth-order valence-electron chi connectivity index (χ4n) is 1.39. The fourth-order valence-corrected chi connectivity index (χ4v) is 1.39. The van der Waals surface area contributed by atoms with Gasteiger partial charge in [0.1, 0.15) is 6.04 Å². The van der Waals surface area contributed by atoms with E-state index < -0.39 is 12.0 Å². The number of rotatable bonds is 6. The van der Waals surface area contributed by atoms with Crippen molar-refractivity contribution in [3.8, 4) is 12.3 Å². The van der Waals surface area contributed by atoms with Crippen molar-refractivity contribution in [3.63, 3.8) is 0 Å². The first-order valence-electron chi connectivity index (χ1n) is 5.11. The number of aryl methyl sites for hydroxylation is 1. The van der Waals surface area contributed by atoms with Gasteiger partial charge in [0.2, 0.25) is 0 Å². The van der Waals surface area contributed by atoms with Crippen LogP contribution >= 0.6 is 0 Å². The van der Waals surface area contributed by atoms with E-state index in [1.165, 1.54) is 0 Å². The number of aromatic nitrogens is 2. The molecule has 16 heavy (non-hydrogen) atoms. The highest BCUT2D eigenvalue weighted by molar-refractivity contribution is 5.75. The lowest BCUT2D eigenvalue weighted by molar-refractivity contribution is -0.139. The molecule has 86 valence electrons. The highest BCUT2D eigenvalue weighted by Gasteiger charge is 2.20. The predicted molar refractivity (Wildman–Crippen MR) is 59.7 cm³/mol. The molecule has 5 heteroatoms. The molecular formula is C11H15N3O2. The zero-order valence-corrected chi connectivity index (χ0v) is 9.18. The summed E-state index contributed by atoms with van der Waals surface area (Å²) in [5.74, 6) is 1.40. The lowest BCUT2D eigenvalue weighted by Gasteiger charge is -2.09. The number of carboxylic acid groups (broad SMARTS) is 1. The second kappa shape index (κ2) is 5.93. The zero-order valence-electron chi connectivity index (χ0n) is 9.18. The Labute approximate surface area is 94.5 Å². The Morgan fingerprint density at radius 3 is 3.12 bits per heavy atom. The molecule has 0 amide bonds. The molecule has 0 bridgehead atoms. The van der Waals surface area contributed by atoms with Gasteiger partial charge in [0, 0.05) is 18.3 Å². The number of hydrogen-bond donors (Lipinski definition) is 2. The molecule has 0 spiro atoms. The molecular weight excluding hydrogens is 206 g/mol. The number of aliphatic carboxylic acids is 1. The van der Waals surface area contributed by atoms with E-state index in [9.17, 15) is 4.79 Å². The summed E-state index contributed by atoms with van der Waals surface area (Å²) in [5.41, 5.74) is 0.621. The van der Waals surface area contributed by atoms with E-state index in [0.717, 1.165) is 13.0 Å². The molecule has 1 aromatic heterocycles. The van der Waals surface area contributed by atoms with Crippen molar-refractivity contribution in [2.24, 2.45) is 0 Å². The lowest BCUT2D eigenvalue weighted by Crippen LogP contribution is -2.28. The molecule has 1 unspecified atom stereocenters. The van der Waals surface area contributed by atoms with Gasteiger partial charge in [0.15, 0.2) is 0 Å². The average molecular weight is 221 g/mol. The van der Waals surface area contributed by atoms with Crippen LogP contribution in [0, 0.1) is 12.3 Å². The first kappa shape index (κ1) is 12.3. The van der Waals surface area contributed by atoms with Crippen LogP contribution in [0.25, 0.3) is 0 Å². The maximum atomic E-state index is 11.0. The fraction of sp³-hybridized carbons (Fsp3) is 0.455. The minimum absolute atomic E-state index is 0.218. The second-order valence-corrected chi connectivity index (χ2v) is 3.39. The van der Waals surface area contributed by atoms with Crippen molar-refractivity contribution in [1.82, 2.24) is 15.1 Å². The summed E-state index contributed by atoms with van der Waals surface area (Å²) in [6, 6.07) is -0.790. The Hall–Kier alpha value is -1.80. The molecule has 1 rings (SSSR count). The van der Waals surface area contributed by atoms with Crippen molar-refractivity contribution < 1.29 is 9.90 Å². The van der Waals surface area contributed by atoms with E-state index in [1.807, 2.05) is 6.92 Å². The Kier molecular flexibility index (Phi) is 4.55. The Balaban J connectivity index is 2.76. The minimum Gasteiger partial charge on any atom is -0.480 e. The number of carbonyl (C=O) groups is 1. The molecule has 0 aliphatic rings. The summed E-state index contributed by atoms with van der Waals surface area (Å²) in [4.78, 5) is 11.0. The third-order valence-electron chi connectivity index (χ3n) is 2.09. The van der Waals surface area contributed by atoms with Crippen molar-refractivity contribution in [1.29, 1.82) is 0 Å². The predicted octanol–water partition coefficient (Wildman–Crippen LogP) is 0.642. The van der Waals surface area contributed by atoms with Gasteiger partial charge in [-0.1, -0.05) is 12.8 Å². The van der Waals surface area contributed by atoms with Crippen molar-refractivity contribution in [2.45, 2.75) is 25.9 Å². The van der Waals surface area contributed by atoms with Crippen LogP contribution in [0.3, 0.4) is 0 Å². The molecule has 1 heterocycles. The maximum absolute atomic E-state index is 11.0. The quantitative estimate of drug-likeness (QED) is 0.692. The molecule has 0 radical (unpaired) electrons. The number of carboxylic acids is 1. The van der Waals surface area contributed by atoms with Gasteiger partial charge in [0.05, 0.1) is 12.7 Å². The van der Waals surface area contributed by atoms with Crippen molar-refractivity contribution in [2.75, 3.05) is 6.54 Å². The third kappa shape index (κ3) is 3.11. The van der Waals surface area contributed by atoms with Gasteiger partial charge in [-0.2, -0.15) is 5.10 Å². The van der Waals surface area contributed by atoms with Gasteiger partial charge in [-0.15, -0.1) is 6.42 Å². The standard InChI is InChI=1S/C11H15N3O2/c1-3-5-12-10(11(15)16)9-7-13-14(8-9)6-4-2/h1,7-8,10,12H,4-6H2,2H3,(H,15,16). The molecule has 0 aromatic carbocycles. The van der Waals surface area contributed by atoms with E-state index in [2.05, 4.69) is 16.3 Å². The summed E-state index contributed by atoms with van der Waals surface area (Å²) in [7, 11) is 0. The first-order chi connectivity index (χ1) is 7.69. The molecule has 1 atom stereocenters. The topological polar surface area (TPSA) is 67.2 Å². The van der Waals surface area contributed by atoms with Crippen LogP contribution in [0.15, 0.2) is 12.4 Å². The second-order valence-electron chi connectivity index (χ2n) is 3.39. The summed E-state index contributed by atoms with van der Waals surface area (Å²) in [6.07, 6.45) is 9.32. The van der Waals surface area contributed by atoms with Gasteiger partial charge in [-0.25, -0.2) is 0 Å². The van der Waals surface area contributed by atoms with Crippen LogP contribution in [0.1, 0.15) is 24.9 Å². The van der Waals surface area contributed by atoms with E-state index in [-0.39, 0.29) is 6.54 Å². The van der Waals surface area contributed by atoms with Gasteiger partial charge >= 0.3 is 5.97 Å². The smallest absolute Gasteiger partial charge is 0.325 e. The van der Waals surface area contributed by atoms with Crippen LogP contribution < -0.4 is 5.32 Å². The van der Waals surface area contributed by atoms with Gasteiger partial charge < -0.3 is 5.11 Å². The molecule has 2 N–H and O–H groups in total. The zero-order chi connectivity index (χ0) is 12.0. The van der Waals surface area contributed by atoms with Crippen LogP contribution in [-0.2, 0) is 11.3 Å². The number of hydrogen-bond acceptors (Lipinski definition) is 3.